The van der Waals surface area contributed by atoms with Crippen LogP contribution in [-0.4, -0.2) is 28.4 Å². The van der Waals surface area contributed by atoms with Crippen molar-refractivity contribution in [2.45, 2.75) is 27.3 Å². The lowest BCUT2D eigenvalue weighted by molar-refractivity contribution is -0.121. The number of nitrogens with two attached hydrogens (primary N) is 1. The second-order valence-corrected chi connectivity index (χ2v) is 7.26. The molecule has 1 aliphatic rings. The third-order valence-corrected chi connectivity index (χ3v) is 5.77. The van der Waals surface area contributed by atoms with Crippen molar-refractivity contribution in [2.75, 3.05) is 18.1 Å². The lowest BCUT2D eigenvalue weighted by atomic mass is 10.1. The van der Waals surface area contributed by atoms with Gasteiger partial charge in [0.2, 0.25) is 0 Å². The molecule has 1 aliphatic heterocycles. The summed E-state index contributed by atoms with van der Waals surface area (Å²) in [5.41, 5.74) is 10.8. The Bertz CT molecular complexity index is 989. The number of ether oxygens (including phenoxy) is 1. The van der Waals surface area contributed by atoms with Gasteiger partial charge in [-0.15, -0.1) is 11.3 Å². The molecule has 0 fully saturated rings. The smallest absolute Gasteiger partial charge is 0.265 e. The predicted octanol–water partition coefficient (Wildman–Crippen LogP) is 2.88. The Balaban J connectivity index is 1.90. The third kappa shape index (κ3) is 2.34. The number of hydrogen-bond donors (Lipinski definition) is 1. The van der Waals surface area contributed by atoms with Crippen LogP contribution in [0.25, 0.3) is 16.2 Å². The molecule has 6 nitrogen and oxygen atoms in total. The Kier molecular flexibility index (Phi) is 3.77. The van der Waals surface area contributed by atoms with Crippen LogP contribution in [0.15, 0.2) is 18.2 Å². The number of imidazole rings is 1. The maximum atomic E-state index is 12.1. The molecule has 0 radical (unpaired) electrons. The summed E-state index contributed by atoms with van der Waals surface area (Å²) in [6, 6.07) is 5.87. The topological polar surface area (TPSA) is 72.9 Å². The Morgan fingerprint density at radius 1 is 1.36 bits per heavy atom. The molecule has 4 rings (SSSR count). The van der Waals surface area contributed by atoms with Crippen molar-refractivity contribution < 1.29 is 9.53 Å². The number of carbonyl (C=O) groups is 1. The third-order valence-electron chi connectivity index (χ3n) is 4.72. The van der Waals surface area contributed by atoms with E-state index in [1.54, 1.807) is 16.2 Å². The Hall–Kier alpha value is -2.38. The van der Waals surface area contributed by atoms with Gasteiger partial charge < -0.3 is 15.4 Å². The molecule has 2 aromatic heterocycles. The predicted molar refractivity (Wildman–Crippen MR) is 99.4 cm³/mol. The van der Waals surface area contributed by atoms with Crippen molar-refractivity contribution in [1.82, 2.24) is 9.38 Å². The molecule has 3 heterocycles. The molecule has 130 valence electrons. The van der Waals surface area contributed by atoms with Crippen LogP contribution in [0.5, 0.6) is 5.75 Å². The number of rotatable bonds is 3. The van der Waals surface area contributed by atoms with Crippen LogP contribution in [0, 0.1) is 13.8 Å². The molecular weight excluding hydrogens is 336 g/mol. The fourth-order valence-electron chi connectivity index (χ4n) is 3.33. The van der Waals surface area contributed by atoms with Gasteiger partial charge in [-0.1, -0.05) is 0 Å². The SMILES string of the molecule is CCN1C(=O)COc2ccc(-c3nc4sc(C)c(C)n4c3CN)cc21. The van der Waals surface area contributed by atoms with Gasteiger partial charge in [0, 0.05) is 29.2 Å². The van der Waals surface area contributed by atoms with Crippen LogP contribution < -0.4 is 15.4 Å². The summed E-state index contributed by atoms with van der Waals surface area (Å²) in [6.07, 6.45) is 0. The fourth-order valence-corrected chi connectivity index (χ4v) is 4.32. The number of carbonyl (C=O) groups excluding carboxylic acids is 1. The molecule has 1 amide bonds. The average molecular weight is 356 g/mol. The van der Waals surface area contributed by atoms with E-state index < -0.39 is 0 Å². The molecule has 0 saturated heterocycles. The normalized spacial score (nSPS) is 14.1. The number of fused-ring (bicyclic) bond motifs is 2. The number of nitrogens with zero attached hydrogens (tertiary/aromatic N) is 3. The van der Waals surface area contributed by atoms with Gasteiger partial charge in [-0.05, 0) is 39.0 Å². The highest BCUT2D eigenvalue weighted by molar-refractivity contribution is 7.17. The first kappa shape index (κ1) is 16.1. The summed E-state index contributed by atoms with van der Waals surface area (Å²) in [6.45, 7) is 7.24. The second kappa shape index (κ2) is 5.86. The number of aromatic nitrogens is 2. The van der Waals surface area contributed by atoms with Crippen LogP contribution in [0.4, 0.5) is 5.69 Å². The summed E-state index contributed by atoms with van der Waals surface area (Å²) in [5.74, 6) is 0.705. The first-order valence-corrected chi connectivity index (χ1v) is 9.11. The highest BCUT2D eigenvalue weighted by atomic mass is 32.1. The molecule has 0 spiro atoms. The Morgan fingerprint density at radius 3 is 2.88 bits per heavy atom. The largest absolute Gasteiger partial charge is 0.482 e. The molecule has 0 unspecified atom stereocenters. The van der Waals surface area contributed by atoms with E-state index in [4.69, 9.17) is 15.5 Å². The van der Waals surface area contributed by atoms with Gasteiger partial charge in [-0.3, -0.25) is 9.20 Å². The molecular formula is C18H20N4O2S. The van der Waals surface area contributed by atoms with E-state index in [-0.39, 0.29) is 12.5 Å². The van der Waals surface area contributed by atoms with Crippen LogP contribution in [0.1, 0.15) is 23.2 Å². The Morgan fingerprint density at radius 2 is 2.16 bits per heavy atom. The van der Waals surface area contributed by atoms with Crippen molar-refractivity contribution in [3.8, 4) is 17.0 Å². The minimum atomic E-state index is -0.0245. The molecule has 2 N–H and O–H groups in total. The van der Waals surface area contributed by atoms with Crippen molar-refractivity contribution in [2.24, 2.45) is 5.73 Å². The van der Waals surface area contributed by atoms with Crippen molar-refractivity contribution in [3.05, 3.63) is 34.5 Å². The number of likely N-dealkylation sites (N-methyl/N-ethyl adjacent to an activating group) is 1. The number of thiazole rings is 1. The van der Waals surface area contributed by atoms with Gasteiger partial charge >= 0.3 is 0 Å². The summed E-state index contributed by atoms with van der Waals surface area (Å²) >= 11 is 1.67. The fraction of sp³-hybridized carbons (Fsp3) is 0.333. The molecule has 0 saturated carbocycles. The van der Waals surface area contributed by atoms with Crippen LogP contribution in [-0.2, 0) is 11.3 Å². The highest BCUT2D eigenvalue weighted by Gasteiger charge is 2.26. The number of anilines is 1. The zero-order valence-electron chi connectivity index (χ0n) is 14.5. The zero-order chi connectivity index (χ0) is 17.7. The van der Waals surface area contributed by atoms with Crippen LogP contribution in [0.3, 0.4) is 0 Å². The van der Waals surface area contributed by atoms with Crippen molar-refractivity contribution in [1.29, 1.82) is 0 Å². The highest BCUT2D eigenvalue weighted by Crippen LogP contribution is 2.37. The molecule has 3 aromatic rings. The Labute approximate surface area is 149 Å². The molecule has 1 aromatic carbocycles. The van der Waals surface area contributed by atoms with Crippen LogP contribution >= 0.6 is 11.3 Å². The summed E-state index contributed by atoms with van der Waals surface area (Å²) in [7, 11) is 0. The van der Waals surface area contributed by atoms with E-state index in [9.17, 15) is 4.79 Å². The van der Waals surface area contributed by atoms with Crippen molar-refractivity contribution in [3.63, 3.8) is 0 Å². The lowest BCUT2D eigenvalue weighted by Gasteiger charge is -2.28. The average Bonchev–Trinajstić information content (AvgIpc) is 3.10. The van der Waals surface area contributed by atoms with E-state index in [0.29, 0.717) is 13.1 Å². The summed E-state index contributed by atoms with van der Waals surface area (Å²) in [5, 5.41) is 0. The molecule has 0 bridgehead atoms. The van der Waals surface area contributed by atoms with E-state index in [0.717, 1.165) is 33.3 Å². The summed E-state index contributed by atoms with van der Waals surface area (Å²) in [4.78, 5) is 20.9. The van der Waals surface area contributed by atoms with Gasteiger partial charge in [0.15, 0.2) is 11.6 Å². The first-order chi connectivity index (χ1) is 12.0. The monoisotopic (exact) mass is 356 g/mol. The van der Waals surface area contributed by atoms with Gasteiger partial charge in [-0.25, -0.2) is 4.98 Å². The summed E-state index contributed by atoms with van der Waals surface area (Å²) < 4.78 is 7.69. The minimum Gasteiger partial charge on any atom is -0.482 e. The minimum absolute atomic E-state index is 0.0245. The standard InChI is InChI=1S/C18H20N4O2S/c1-4-21-13-7-12(5-6-15(13)24-9-16(21)23)17-14(8-19)22-10(2)11(3)25-18(22)20-17/h5-7H,4,8-9,19H2,1-3H3. The maximum Gasteiger partial charge on any atom is 0.265 e. The first-order valence-electron chi connectivity index (χ1n) is 8.30. The molecule has 0 aliphatic carbocycles. The molecule has 25 heavy (non-hydrogen) atoms. The van der Waals surface area contributed by atoms with Gasteiger partial charge in [-0.2, -0.15) is 0 Å². The zero-order valence-corrected chi connectivity index (χ0v) is 15.3. The number of benzene rings is 1. The number of hydrogen-bond acceptors (Lipinski definition) is 5. The quantitative estimate of drug-likeness (QED) is 0.783. The van der Waals surface area contributed by atoms with Gasteiger partial charge in [0.05, 0.1) is 17.1 Å². The van der Waals surface area contributed by atoms with Gasteiger partial charge in [0.25, 0.3) is 5.91 Å². The van der Waals surface area contributed by atoms with Gasteiger partial charge in [0.1, 0.15) is 5.75 Å². The second-order valence-electron chi connectivity index (χ2n) is 6.08. The number of amides is 1. The number of aryl methyl sites for hydroxylation is 2. The lowest BCUT2D eigenvalue weighted by Crippen LogP contribution is -2.38. The maximum absolute atomic E-state index is 12.1. The van der Waals surface area contributed by atoms with Crippen molar-refractivity contribution >= 4 is 27.9 Å². The molecule has 7 heteroatoms. The van der Waals surface area contributed by atoms with E-state index in [1.807, 2.05) is 25.1 Å². The van der Waals surface area contributed by atoms with E-state index in [1.165, 1.54) is 10.6 Å². The molecule has 0 atom stereocenters. The van der Waals surface area contributed by atoms with E-state index in [2.05, 4.69) is 18.2 Å². The van der Waals surface area contributed by atoms with E-state index >= 15 is 0 Å². The van der Waals surface area contributed by atoms with Crippen LogP contribution in [0.2, 0.25) is 0 Å².